The van der Waals surface area contributed by atoms with E-state index in [4.69, 9.17) is 0 Å². The largest absolute Gasteiger partial charge is 0.316 e. The standard InChI is InChI=1S/C18H20BrNO/c1-11-5-6-14(19)15(7-11)20-12(2)8-13-16(20)9-18(3,4)10-17(13)21/h5-8H,9-10H2,1-4H3. The summed E-state index contributed by atoms with van der Waals surface area (Å²) in [6.07, 6.45) is 1.57. The quantitative estimate of drug-likeness (QED) is 0.711. The van der Waals surface area contributed by atoms with Crippen LogP contribution in [0.4, 0.5) is 0 Å². The van der Waals surface area contributed by atoms with E-state index in [0.29, 0.717) is 6.42 Å². The molecule has 0 aliphatic heterocycles. The van der Waals surface area contributed by atoms with E-state index < -0.39 is 0 Å². The molecule has 0 saturated heterocycles. The van der Waals surface area contributed by atoms with Crippen molar-refractivity contribution in [1.29, 1.82) is 0 Å². The van der Waals surface area contributed by atoms with Crippen LogP contribution in [0.25, 0.3) is 5.69 Å². The lowest BCUT2D eigenvalue weighted by atomic mass is 9.76. The average Bonchev–Trinajstić information content (AvgIpc) is 2.68. The van der Waals surface area contributed by atoms with Crippen molar-refractivity contribution in [2.45, 2.75) is 40.5 Å². The van der Waals surface area contributed by atoms with Crippen molar-refractivity contribution in [3.05, 3.63) is 51.3 Å². The maximum atomic E-state index is 12.4. The van der Waals surface area contributed by atoms with Crippen molar-refractivity contribution in [2.75, 3.05) is 0 Å². The second-order valence-electron chi connectivity index (χ2n) is 6.88. The number of halogens is 1. The van der Waals surface area contributed by atoms with Crippen molar-refractivity contribution in [3.8, 4) is 5.69 Å². The maximum Gasteiger partial charge on any atom is 0.165 e. The number of nitrogens with zero attached hydrogens (tertiary/aromatic N) is 1. The first kappa shape index (κ1) is 14.6. The predicted octanol–water partition coefficient (Wildman–Crippen LogP) is 5.01. The molecule has 1 heterocycles. The number of aryl methyl sites for hydroxylation is 2. The van der Waals surface area contributed by atoms with E-state index in [9.17, 15) is 4.79 Å². The monoisotopic (exact) mass is 345 g/mol. The molecule has 1 aromatic heterocycles. The van der Waals surface area contributed by atoms with Crippen molar-refractivity contribution in [2.24, 2.45) is 5.41 Å². The van der Waals surface area contributed by atoms with Gasteiger partial charge in [-0.05, 0) is 65.4 Å². The molecule has 3 heteroatoms. The number of rotatable bonds is 1. The maximum absolute atomic E-state index is 12.4. The van der Waals surface area contributed by atoms with Crippen LogP contribution in [0.1, 0.15) is 47.6 Å². The van der Waals surface area contributed by atoms with Crippen LogP contribution in [0.5, 0.6) is 0 Å². The fraction of sp³-hybridized carbons (Fsp3) is 0.389. The van der Waals surface area contributed by atoms with E-state index in [1.54, 1.807) is 0 Å². The molecule has 2 aromatic rings. The van der Waals surface area contributed by atoms with Gasteiger partial charge in [-0.1, -0.05) is 19.9 Å². The van der Waals surface area contributed by atoms with Crippen LogP contribution in [-0.4, -0.2) is 10.4 Å². The van der Waals surface area contributed by atoms with Crippen molar-refractivity contribution < 1.29 is 4.79 Å². The van der Waals surface area contributed by atoms with E-state index in [-0.39, 0.29) is 11.2 Å². The molecule has 3 rings (SSSR count). The molecule has 0 unspecified atom stereocenters. The lowest BCUT2D eigenvalue weighted by molar-refractivity contribution is 0.0911. The summed E-state index contributed by atoms with van der Waals surface area (Å²) in [6.45, 7) is 8.52. The first-order valence-corrected chi connectivity index (χ1v) is 8.09. The van der Waals surface area contributed by atoms with E-state index in [1.807, 2.05) is 6.07 Å². The first-order chi connectivity index (χ1) is 9.78. The Morgan fingerprint density at radius 1 is 1.14 bits per heavy atom. The van der Waals surface area contributed by atoms with E-state index >= 15 is 0 Å². The molecule has 21 heavy (non-hydrogen) atoms. The fourth-order valence-electron chi connectivity index (χ4n) is 3.28. The number of Topliss-reactive ketones (excluding diaryl/α,β-unsaturated/α-hetero) is 1. The second-order valence-corrected chi connectivity index (χ2v) is 7.73. The molecule has 0 N–H and O–H groups in total. The second kappa shape index (κ2) is 4.84. The molecule has 0 spiro atoms. The Morgan fingerprint density at radius 2 is 1.86 bits per heavy atom. The Bertz CT molecular complexity index is 740. The Morgan fingerprint density at radius 3 is 2.57 bits per heavy atom. The van der Waals surface area contributed by atoms with Gasteiger partial charge in [0.05, 0.1) is 5.69 Å². The van der Waals surface area contributed by atoms with Gasteiger partial charge in [-0.25, -0.2) is 0 Å². The van der Waals surface area contributed by atoms with Gasteiger partial charge in [0, 0.05) is 27.8 Å². The van der Waals surface area contributed by atoms with Crippen molar-refractivity contribution in [3.63, 3.8) is 0 Å². The van der Waals surface area contributed by atoms with E-state index in [2.05, 4.69) is 66.4 Å². The summed E-state index contributed by atoms with van der Waals surface area (Å²) in [5, 5.41) is 0. The van der Waals surface area contributed by atoms with Crippen LogP contribution < -0.4 is 0 Å². The molecule has 0 bridgehead atoms. The van der Waals surface area contributed by atoms with Gasteiger partial charge in [-0.3, -0.25) is 4.79 Å². The van der Waals surface area contributed by atoms with Gasteiger partial charge in [0.15, 0.2) is 5.78 Å². The highest BCUT2D eigenvalue weighted by Crippen LogP contribution is 2.38. The van der Waals surface area contributed by atoms with Crippen LogP contribution in [0.3, 0.4) is 0 Å². The summed E-state index contributed by atoms with van der Waals surface area (Å²) >= 11 is 3.65. The van der Waals surface area contributed by atoms with Gasteiger partial charge >= 0.3 is 0 Å². The number of hydrogen-bond acceptors (Lipinski definition) is 1. The summed E-state index contributed by atoms with van der Waals surface area (Å²) in [7, 11) is 0. The molecule has 0 amide bonds. The lowest BCUT2D eigenvalue weighted by Crippen LogP contribution is -2.27. The third-order valence-electron chi connectivity index (χ3n) is 4.21. The van der Waals surface area contributed by atoms with Crippen molar-refractivity contribution >= 4 is 21.7 Å². The minimum absolute atomic E-state index is 0.0307. The number of benzene rings is 1. The molecule has 1 aromatic carbocycles. The molecule has 0 radical (unpaired) electrons. The number of aromatic nitrogens is 1. The zero-order valence-corrected chi connectivity index (χ0v) is 14.5. The normalized spacial score (nSPS) is 16.9. The van der Waals surface area contributed by atoms with Gasteiger partial charge in [-0.2, -0.15) is 0 Å². The molecular weight excluding hydrogens is 326 g/mol. The molecule has 0 saturated carbocycles. The minimum Gasteiger partial charge on any atom is -0.316 e. The number of carbonyl (C=O) groups is 1. The minimum atomic E-state index is 0.0307. The highest BCUT2D eigenvalue weighted by atomic mass is 79.9. The summed E-state index contributed by atoms with van der Waals surface area (Å²) in [6, 6.07) is 8.38. The van der Waals surface area contributed by atoms with Gasteiger partial charge in [0.2, 0.25) is 0 Å². The Labute approximate surface area is 134 Å². The smallest absolute Gasteiger partial charge is 0.165 e. The first-order valence-electron chi connectivity index (χ1n) is 7.29. The highest BCUT2D eigenvalue weighted by Gasteiger charge is 2.34. The average molecular weight is 346 g/mol. The SMILES string of the molecule is Cc1ccc(Br)c(-n2c(C)cc3c2CC(C)(C)CC3=O)c1. The zero-order chi connectivity index (χ0) is 15.4. The van der Waals surface area contributed by atoms with Crippen molar-refractivity contribution in [1.82, 2.24) is 4.57 Å². The zero-order valence-electron chi connectivity index (χ0n) is 13.0. The third kappa shape index (κ3) is 2.48. The summed E-state index contributed by atoms with van der Waals surface area (Å²) in [5.41, 5.74) is 5.55. The molecule has 1 aliphatic carbocycles. The van der Waals surface area contributed by atoms with Crippen LogP contribution >= 0.6 is 15.9 Å². The summed E-state index contributed by atoms with van der Waals surface area (Å²) in [4.78, 5) is 12.4. The Balaban J connectivity index is 2.26. The van der Waals surface area contributed by atoms with Gasteiger partial charge in [-0.15, -0.1) is 0 Å². The predicted molar refractivity (Wildman–Crippen MR) is 89.4 cm³/mol. The molecule has 110 valence electrons. The van der Waals surface area contributed by atoms with Crippen LogP contribution in [-0.2, 0) is 6.42 Å². The van der Waals surface area contributed by atoms with Gasteiger partial charge < -0.3 is 4.57 Å². The Hall–Kier alpha value is -1.35. The molecular formula is C18H20BrNO. The van der Waals surface area contributed by atoms with Gasteiger partial charge in [0.25, 0.3) is 0 Å². The number of ketones is 1. The van der Waals surface area contributed by atoms with Gasteiger partial charge in [0.1, 0.15) is 0 Å². The topological polar surface area (TPSA) is 22.0 Å². The van der Waals surface area contributed by atoms with Crippen LogP contribution in [0.2, 0.25) is 0 Å². The number of carbonyl (C=O) groups excluding carboxylic acids is 1. The van der Waals surface area contributed by atoms with E-state index in [1.165, 1.54) is 5.56 Å². The Kier molecular flexibility index (Phi) is 3.36. The third-order valence-corrected chi connectivity index (χ3v) is 4.89. The fourth-order valence-corrected chi connectivity index (χ4v) is 3.70. The lowest BCUT2D eigenvalue weighted by Gasteiger charge is -2.30. The molecule has 0 fully saturated rings. The van der Waals surface area contributed by atoms with Crippen LogP contribution in [0.15, 0.2) is 28.7 Å². The highest BCUT2D eigenvalue weighted by molar-refractivity contribution is 9.10. The molecule has 2 nitrogen and oxygen atoms in total. The van der Waals surface area contributed by atoms with E-state index in [0.717, 1.165) is 33.5 Å². The summed E-state index contributed by atoms with van der Waals surface area (Å²) < 4.78 is 3.30. The number of fused-ring (bicyclic) bond motifs is 1. The van der Waals surface area contributed by atoms with Crippen LogP contribution in [0, 0.1) is 19.3 Å². The summed E-state index contributed by atoms with van der Waals surface area (Å²) in [5.74, 6) is 0.270. The molecule has 0 atom stereocenters. The molecule has 1 aliphatic rings. The number of hydrogen-bond donors (Lipinski definition) is 0.